The van der Waals surface area contributed by atoms with Crippen molar-refractivity contribution in [1.82, 2.24) is 10.3 Å². The zero-order valence-corrected chi connectivity index (χ0v) is 12.8. The number of aryl methyl sites for hydroxylation is 1. The topological polar surface area (TPSA) is 54.0 Å². The number of amides is 2. The van der Waals surface area contributed by atoms with Gasteiger partial charge in [0.15, 0.2) is 0 Å². The van der Waals surface area contributed by atoms with Gasteiger partial charge >= 0.3 is 6.03 Å². The van der Waals surface area contributed by atoms with Crippen LogP contribution in [0.4, 0.5) is 10.6 Å². The highest BCUT2D eigenvalue weighted by Gasteiger charge is 2.32. The van der Waals surface area contributed by atoms with Gasteiger partial charge < -0.3 is 5.32 Å². The highest BCUT2D eigenvalue weighted by molar-refractivity contribution is 5.88. The fourth-order valence-electron chi connectivity index (χ4n) is 2.63. The minimum atomic E-state index is -0.175. The Labute approximate surface area is 131 Å². The quantitative estimate of drug-likeness (QED) is 0.886. The molecule has 1 aromatic heterocycles. The Balaban J connectivity index is 1.60. The zero-order chi connectivity index (χ0) is 15.4. The largest absolute Gasteiger partial charge is 0.334 e. The average Bonchev–Trinajstić information content (AvgIpc) is 3.32. The number of hydrogen-bond donors (Lipinski definition) is 2. The van der Waals surface area contributed by atoms with E-state index in [0.29, 0.717) is 11.7 Å². The molecule has 0 aliphatic heterocycles. The van der Waals surface area contributed by atoms with Crippen molar-refractivity contribution >= 4 is 11.8 Å². The molecule has 0 bridgehead atoms. The number of benzene rings is 1. The summed E-state index contributed by atoms with van der Waals surface area (Å²) in [6, 6.07) is 14.1. The van der Waals surface area contributed by atoms with E-state index in [9.17, 15) is 4.79 Å². The van der Waals surface area contributed by atoms with Gasteiger partial charge in [-0.05, 0) is 55.4 Å². The maximum atomic E-state index is 12.2. The highest BCUT2D eigenvalue weighted by Crippen LogP contribution is 2.34. The molecule has 0 radical (unpaired) electrons. The second-order valence-corrected chi connectivity index (χ2v) is 5.95. The van der Waals surface area contributed by atoms with Crippen molar-refractivity contribution in [3.05, 3.63) is 59.8 Å². The molecular weight excluding hydrogens is 274 g/mol. The third-order valence-corrected chi connectivity index (χ3v) is 3.96. The molecule has 22 heavy (non-hydrogen) atoms. The fourth-order valence-corrected chi connectivity index (χ4v) is 2.63. The number of hydrogen-bond acceptors (Lipinski definition) is 2. The van der Waals surface area contributed by atoms with Gasteiger partial charge in [-0.1, -0.05) is 30.3 Å². The van der Waals surface area contributed by atoms with Gasteiger partial charge in [0, 0.05) is 12.2 Å². The van der Waals surface area contributed by atoms with Crippen LogP contribution in [-0.4, -0.2) is 17.1 Å². The van der Waals surface area contributed by atoms with Crippen LogP contribution in [0.1, 0.15) is 24.0 Å². The van der Waals surface area contributed by atoms with E-state index in [1.165, 1.54) is 18.4 Å². The Morgan fingerprint density at radius 2 is 2.05 bits per heavy atom. The van der Waals surface area contributed by atoms with Crippen LogP contribution in [0, 0.1) is 12.8 Å². The van der Waals surface area contributed by atoms with Gasteiger partial charge in [0.05, 0.1) is 0 Å². The molecule has 114 valence electrons. The predicted molar refractivity (Wildman–Crippen MR) is 87.8 cm³/mol. The number of anilines is 1. The number of nitrogens with one attached hydrogen (secondary N) is 2. The van der Waals surface area contributed by atoms with Crippen molar-refractivity contribution in [3.63, 3.8) is 0 Å². The summed E-state index contributed by atoms with van der Waals surface area (Å²) in [5.74, 6) is 1.18. The molecule has 1 unspecified atom stereocenters. The first kappa shape index (κ1) is 14.6. The molecule has 2 amide bonds. The predicted octanol–water partition coefficient (Wildman–Crippen LogP) is 3.53. The number of aromatic nitrogens is 1. The molecule has 1 aromatic carbocycles. The lowest BCUT2D eigenvalue weighted by Gasteiger charge is -2.18. The van der Waals surface area contributed by atoms with E-state index >= 15 is 0 Å². The van der Waals surface area contributed by atoms with Crippen LogP contribution in [0.3, 0.4) is 0 Å². The van der Waals surface area contributed by atoms with Crippen molar-refractivity contribution in [1.29, 1.82) is 0 Å². The van der Waals surface area contributed by atoms with Crippen molar-refractivity contribution in [2.75, 3.05) is 5.32 Å². The van der Waals surface area contributed by atoms with Crippen molar-refractivity contribution < 1.29 is 4.79 Å². The molecule has 4 nitrogen and oxygen atoms in total. The molecule has 2 aromatic rings. The molecule has 0 saturated heterocycles. The second-order valence-electron chi connectivity index (χ2n) is 5.95. The van der Waals surface area contributed by atoms with Gasteiger partial charge in [-0.3, -0.25) is 5.32 Å². The minimum absolute atomic E-state index is 0.175. The average molecular weight is 295 g/mol. The lowest BCUT2D eigenvalue weighted by molar-refractivity contribution is 0.246. The monoisotopic (exact) mass is 295 g/mol. The normalized spacial score (nSPS) is 15.1. The Morgan fingerprint density at radius 1 is 1.27 bits per heavy atom. The third-order valence-electron chi connectivity index (χ3n) is 3.96. The van der Waals surface area contributed by atoms with Crippen LogP contribution in [-0.2, 0) is 6.42 Å². The van der Waals surface area contributed by atoms with E-state index < -0.39 is 0 Å². The van der Waals surface area contributed by atoms with E-state index in [1.54, 1.807) is 6.20 Å². The summed E-state index contributed by atoms with van der Waals surface area (Å²) in [6.07, 6.45) is 4.97. The standard InChI is InChI=1S/C18H21N3O/c1-13-9-10-19-17(11-13)21-18(22)20-16(15-7-8-15)12-14-5-3-2-4-6-14/h2-6,9-11,15-16H,7-8,12H2,1H3,(H2,19,20,21,22). The number of pyridine rings is 1. The molecule has 1 atom stereocenters. The molecule has 4 heteroatoms. The Kier molecular flexibility index (Phi) is 4.37. The number of carbonyl (C=O) groups is 1. The minimum Gasteiger partial charge on any atom is -0.334 e. The number of rotatable bonds is 5. The van der Waals surface area contributed by atoms with Crippen LogP contribution in [0.25, 0.3) is 0 Å². The summed E-state index contributed by atoms with van der Waals surface area (Å²) in [5, 5.41) is 5.93. The molecule has 3 rings (SSSR count). The van der Waals surface area contributed by atoms with Gasteiger partial charge in [-0.15, -0.1) is 0 Å². The van der Waals surface area contributed by atoms with Crippen molar-refractivity contribution in [2.45, 2.75) is 32.2 Å². The maximum Gasteiger partial charge on any atom is 0.320 e. The summed E-state index contributed by atoms with van der Waals surface area (Å²) in [6.45, 7) is 1.98. The van der Waals surface area contributed by atoms with Crippen LogP contribution >= 0.6 is 0 Å². The fraction of sp³-hybridized carbons (Fsp3) is 0.333. The Hall–Kier alpha value is -2.36. The van der Waals surface area contributed by atoms with E-state index in [0.717, 1.165) is 12.0 Å². The number of carbonyl (C=O) groups excluding carboxylic acids is 1. The maximum absolute atomic E-state index is 12.2. The summed E-state index contributed by atoms with van der Waals surface area (Å²) in [5.41, 5.74) is 2.33. The van der Waals surface area contributed by atoms with Crippen LogP contribution < -0.4 is 10.6 Å². The van der Waals surface area contributed by atoms with Gasteiger partial charge in [0.25, 0.3) is 0 Å². The number of nitrogens with zero attached hydrogens (tertiary/aromatic N) is 1. The van der Waals surface area contributed by atoms with E-state index in [1.807, 2.05) is 37.3 Å². The van der Waals surface area contributed by atoms with Crippen LogP contribution in [0.5, 0.6) is 0 Å². The molecule has 1 heterocycles. The van der Waals surface area contributed by atoms with Gasteiger partial charge in [0.2, 0.25) is 0 Å². The first-order valence-corrected chi connectivity index (χ1v) is 7.75. The molecule has 2 N–H and O–H groups in total. The van der Waals surface area contributed by atoms with Gasteiger partial charge in [0.1, 0.15) is 5.82 Å². The first-order valence-electron chi connectivity index (χ1n) is 7.75. The lowest BCUT2D eigenvalue weighted by atomic mass is 10.0. The molecule has 1 aliphatic carbocycles. The summed E-state index contributed by atoms with van der Waals surface area (Å²) in [7, 11) is 0. The van der Waals surface area contributed by atoms with E-state index in [-0.39, 0.29) is 12.1 Å². The highest BCUT2D eigenvalue weighted by atomic mass is 16.2. The summed E-state index contributed by atoms with van der Waals surface area (Å²) in [4.78, 5) is 16.4. The van der Waals surface area contributed by atoms with Crippen molar-refractivity contribution in [3.8, 4) is 0 Å². The smallest absolute Gasteiger partial charge is 0.320 e. The lowest BCUT2D eigenvalue weighted by Crippen LogP contribution is -2.40. The zero-order valence-electron chi connectivity index (χ0n) is 12.8. The Morgan fingerprint density at radius 3 is 2.73 bits per heavy atom. The van der Waals surface area contributed by atoms with Crippen molar-refractivity contribution in [2.24, 2.45) is 5.92 Å². The third kappa shape index (κ3) is 4.07. The van der Waals surface area contributed by atoms with E-state index in [4.69, 9.17) is 0 Å². The molecule has 1 fully saturated rings. The molecular formula is C18H21N3O. The molecule has 0 spiro atoms. The second kappa shape index (κ2) is 6.60. The summed E-state index contributed by atoms with van der Waals surface area (Å²) >= 11 is 0. The van der Waals surface area contributed by atoms with Gasteiger partial charge in [-0.25, -0.2) is 9.78 Å². The first-order chi connectivity index (χ1) is 10.7. The molecule has 1 aliphatic rings. The number of urea groups is 1. The van der Waals surface area contributed by atoms with Crippen LogP contribution in [0.15, 0.2) is 48.7 Å². The summed E-state index contributed by atoms with van der Waals surface area (Å²) < 4.78 is 0. The van der Waals surface area contributed by atoms with E-state index in [2.05, 4.69) is 27.8 Å². The Bertz CT molecular complexity index is 638. The molecule has 1 saturated carbocycles. The van der Waals surface area contributed by atoms with Gasteiger partial charge in [-0.2, -0.15) is 0 Å². The SMILES string of the molecule is Cc1ccnc(NC(=O)NC(Cc2ccccc2)C2CC2)c1. The van der Waals surface area contributed by atoms with Crippen LogP contribution in [0.2, 0.25) is 0 Å².